The van der Waals surface area contributed by atoms with Crippen LogP contribution < -0.4 is 5.32 Å². The van der Waals surface area contributed by atoms with Gasteiger partial charge in [-0.15, -0.1) is 0 Å². The molecule has 98 valence electrons. The van der Waals surface area contributed by atoms with Crippen molar-refractivity contribution in [2.24, 2.45) is 0 Å². The van der Waals surface area contributed by atoms with Gasteiger partial charge in [0, 0.05) is 23.4 Å². The van der Waals surface area contributed by atoms with Gasteiger partial charge in [-0.05, 0) is 32.0 Å². The van der Waals surface area contributed by atoms with Crippen molar-refractivity contribution in [2.45, 2.75) is 52.6 Å². The van der Waals surface area contributed by atoms with Crippen molar-refractivity contribution in [3.05, 3.63) is 35.6 Å². The molecule has 0 fully saturated rings. The molecule has 0 spiro atoms. The molecular formula is C16H23NO. The summed E-state index contributed by atoms with van der Waals surface area (Å²) in [5.41, 5.74) is 2.26. The third kappa shape index (κ3) is 2.75. The van der Waals surface area contributed by atoms with Gasteiger partial charge in [0.2, 0.25) is 0 Å². The molecule has 2 atom stereocenters. The molecule has 0 bridgehead atoms. The minimum Gasteiger partial charge on any atom is -0.461 e. The number of aryl methyl sites for hydroxylation is 1. The molecule has 0 saturated heterocycles. The first-order valence-electron chi connectivity index (χ1n) is 6.73. The van der Waals surface area contributed by atoms with Crippen molar-refractivity contribution >= 4 is 11.0 Å². The standard InChI is InChI=1S/C16H23NO/c1-10(2)17-13(5)12(4)16-9-14-8-11(3)6-7-15(14)18-16/h6-10,12-13,17H,1-5H3. The lowest BCUT2D eigenvalue weighted by molar-refractivity contribution is 0.393. The largest absolute Gasteiger partial charge is 0.461 e. The maximum atomic E-state index is 5.95. The van der Waals surface area contributed by atoms with Crippen LogP contribution in [0.4, 0.5) is 0 Å². The molecule has 0 amide bonds. The number of nitrogens with one attached hydrogen (secondary N) is 1. The van der Waals surface area contributed by atoms with Gasteiger partial charge in [-0.2, -0.15) is 0 Å². The molecule has 2 heteroatoms. The smallest absolute Gasteiger partial charge is 0.134 e. The first kappa shape index (κ1) is 13.2. The quantitative estimate of drug-likeness (QED) is 0.872. The molecule has 0 aliphatic heterocycles. The topological polar surface area (TPSA) is 25.2 Å². The fourth-order valence-electron chi connectivity index (χ4n) is 2.32. The van der Waals surface area contributed by atoms with E-state index in [1.165, 1.54) is 10.9 Å². The summed E-state index contributed by atoms with van der Waals surface area (Å²) in [5.74, 6) is 1.44. The average molecular weight is 245 g/mol. The molecule has 1 N–H and O–H groups in total. The van der Waals surface area contributed by atoms with Crippen LogP contribution in [0.15, 0.2) is 28.7 Å². The van der Waals surface area contributed by atoms with Crippen molar-refractivity contribution in [1.29, 1.82) is 0 Å². The third-order valence-electron chi connectivity index (χ3n) is 3.49. The van der Waals surface area contributed by atoms with Gasteiger partial charge in [0.25, 0.3) is 0 Å². The molecule has 0 saturated carbocycles. The highest BCUT2D eigenvalue weighted by molar-refractivity contribution is 5.78. The summed E-state index contributed by atoms with van der Waals surface area (Å²) < 4.78 is 5.95. The monoisotopic (exact) mass is 245 g/mol. The molecule has 0 aliphatic rings. The maximum absolute atomic E-state index is 5.95. The Balaban J connectivity index is 2.25. The summed E-state index contributed by atoms with van der Waals surface area (Å²) in [7, 11) is 0. The summed E-state index contributed by atoms with van der Waals surface area (Å²) in [5, 5.41) is 4.74. The lowest BCUT2D eigenvalue weighted by atomic mass is 10.00. The minimum absolute atomic E-state index is 0.375. The summed E-state index contributed by atoms with van der Waals surface area (Å²) in [6.45, 7) is 10.9. The van der Waals surface area contributed by atoms with Crippen LogP contribution in [0.5, 0.6) is 0 Å². The molecular weight excluding hydrogens is 222 g/mol. The SMILES string of the molecule is Cc1ccc2oc(C(C)C(C)NC(C)C)cc2c1. The van der Waals surface area contributed by atoms with Gasteiger partial charge >= 0.3 is 0 Å². The van der Waals surface area contributed by atoms with Gasteiger partial charge in [0.15, 0.2) is 0 Å². The van der Waals surface area contributed by atoms with Gasteiger partial charge in [-0.1, -0.05) is 32.4 Å². The Morgan fingerprint density at radius 2 is 1.78 bits per heavy atom. The molecule has 2 unspecified atom stereocenters. The maximum Gasteiger partial charge on any atom is 0.134 e. The van der Waals surface area contributed by atoms with Crippen LogP contribution in [-0.4, -0.2) is 12.1 Å². The number of benzene rings is 1. The lowest BCUT2D eigenvalue weighted by Gasteiger charge is -2.21. The highest BCUT2D eigenvalue weighted by Crippen LogP contribution is 2.27. The Morgan fingerprint density at radius 3 is 2.44 bits per heavy atom. The van der Waals surface area contributed by atoms with E-state index in [1.54, 1.807) is 0 Å². The molecule has 2 aromatic rings. The molecule has 0 radical (unpaired) electrons. The second-order valence-electron chi connectivity index (χ2n) is 5.59. The van der Waals surface area contributed by atoms with E-state index in [0.717, 1.165) is 11.3 Å². The minimum atomic E-state index is 0.375. The summed E-state index contributed by atoms with van der Waals surface area (Å²) in [4.78, 5) is 0. The van der Waals surface area contributed by atoms with E-state index in [1.807, 2.05) is 0 Å². The van der Waals surface area contributed by atoms with Gasteiger partial charge in [0.1, 0.15) is 11.3 Å². The Hall–Kier alpha value is -1.28. The van der Waals surface area contributed by atoms with Crippen LogP contribution in [0.1, 0.15) is 44.9 Å². The fraction of sp³-hybridized carbons (Fsp3) is 0.500. The van der Waals surface area contributed by atoms with E-state index in [0.29, 0.717) is 18.0 Å². The first-order valence-corrected chi connectivity index (χ1v) is 6.73. The van der Waals surface area contributed by atoms with Crippen molar-refractivity contribution in [2.75, 3.05) is 0 Å². The van der Waals surface area contributed by atoms with Crippen molar-refractivity contribution in [3.63, 3.8) is 0 Å². The number of furan rings is 1. The van der Waals surface area contributed by atoms with E-state index in [4.69, 9.17) is 4.42 Å². The Morgan fingerprint density at radius 1 is 1.06 bits per heavy atom. The normalized spacial score (nSPS) is 15.2. The Kier molecular flexibility index (Phi) is 3.76. The van der Waals surface area contributed by atoms with Crippen LogP contribution >= 0.6 is 0 Å². The van der Waals surface area contributed by atoms with Gasteiger partial charge in [0.05, 0.1) is 0 Å². The average Bonchev–Trinajstić information content (AvgIpc) is 2.69. The lowest BCUT2D eigenvalue weighted by Crippen LogP contribution is -2.35. The van der Waals surface area contributed by atoms with Crippen molar-refractivity contribution in [3.8, 4) is 0 Å². The van der Waals surface area contributed by atoms with Crippen molar-refractivity contribution < 1.29 is 4.42 Å². The van der Waals surface area contributed by atoms with Crippen molar-refractivity contribution in [1.82, 2.24) is 5.32 Å². The highest BCUT2D eigenvalue weighted by atomic mass is 16.3. The van der Waals surface area contributed by atoms with Crippen LogP contribution in [0.25, 0.3) is 11.0 Å². The van der Waals surface area contributed by atoms with E-state index in [-0.39, 0.29) is 0 Å². The summed E-state index contributed by atoms with van der Waals surface area (Å²) in [6.07, 6.45) is 0. The molecule has 1 aromatic carbocycles. The summed E-state index contributed by atoms with van der Waals surface area (Å²) in [6, 6.07) is 9.40. The highest BCUT2D eigenvalue weighted by Gasteiger charge is 2.18. The second kappa shape index (κ2) is 5.15. The predicted octanol–water partition coefficient (Wildman–Crippen LogP) is 4.23. The van der Waals surface area contributed by atoms with Crippen LogP contribution in [0, 0.1) is 6.92 Å². The van der Waals surface area contributed by atoms with Gasteiger partial charge < -0.3 is 9.73 Å². The zero-order chi connectivity index (χ0) is 13.3. The zero-order valence-electron chi connectivity index (χ0n) is 11.9. The number of rotatable bonds is 4. The number of hydrogen-bond acceptors (Lipinski definition) is 2. The molecule has 2 nitrogen and oxygen atoms in total. The van der Waals surface area contributed by atoms with Crippen LogP contribution in [0.2, 0.25) is 0 Å². The van der Waals surface area contributed by atoms with E-state index < -0.39 is 0 Å². The van der Waals surface area contributed by atoms with Crippen LogP contribution in [-0.2, 0) is 0 Å². The van der Waals surface area contributed by atoms with E-state index in [2.05, 4.69) is 64.2 Å². The number of hydrogen-bond donors (Lipinski definition) is 1. The van der Waals surface area contributed by atoms with E-state index in [9.17, 15) is 0 Å². The van der Waals surface area contributed by atoms with Crippen LogP contribution in [0.3, 0.4) is 0 Å². The van der Waals surface area contributed by atoms with Gasteiger partial charge in [-0.3, -0.25) is 0 Å². The first-order chi connectivity index (χ1) is 8.47. The second-order valence-corrected chi connectivity index (χ2v) is 5.59. The zero-order valence-corrected chi connectivity index (χ0v) is 11.9. The Labute approximate surface area is 109 Å². The third-order valence-corrected chi connectivity index (χ3v) is 3.49. The van der Waals surface area contributed by atoms with E-state index >= 15 is 0 Å². The fourth-order valence-corrected chi connectivity index (χ4v) is 2.32. The summed E-state index contributed by atoms with van der Waals surface area (Å²) >= 11 is 0. The van der Waals surface area contributed by atoms with Gasteiger partial charge in [-0.25, -0.2) is 0 Å². The number of fused-ring (bicyclic) bond motifs is 1. The molecule has 1 aromatic heterocycles. The Bertz CT molecular complexity index is 527. The predicted molar refractivity (Wildman–Crippen MR) is 77.1 cm³/mol. The molecule has 18 heavy (non-hydrogen) atoms. The molecule has 1 heterocycles. The molecule has 2 rings (SSSR count). The molecule has 0 aliphatic carbocycles.